The monoisotopic (exact) mass is 401 g/mol. The fourth-order valence-electron chi connectivity index (χ4n) is 1.67. The first-order chi connectivity index (χ1) is 4.89. The van der Waals surface area contributed by atoms with Gasteiger partial charge in [0, 0.05) is 25.8 Å². The van der Waals surface area contributed by atoms with Gasteiger partial charge in [0.25, 0.3) is 0 Å². The zero-order valence-corrected chi connectivity index (χ0v) is 14.7. The molecule has 0 nitrogen and oxygen atoms in total. The van der Waals surface area contributed by atoms with Gasteiger partial charge < -0.3 is 0 Å². The predicted octanol–water partition coefficient (Wildman–Crippen LogP) is 4.35. The maximum Gasteiger partial charge on any atom is 0 e. The first-order valence-electron chi connectivity index (χ1n) is 4.10. The zero-order valence-electron chi connectivity index (χ0n) is 9.52. The number of hydrogen-bond donors (Lipinski definition) is 0. The van der Waals surface area contributed by atoms with E-state index in [4.69, 9.17) is 0 Å². The maximum absolute atomic E-state index is 4.11. The van der Waals surface area contributed by atoms with Gasteiger partial charge >= 0.3 is 0 Å². The van der Waals surface area contributed by atoms with Gasteiger partial charge in [-0.05, 0) is 12.3 Å². The van der Waals surface area contributed by atoms with Crippen LogP contribution in [0.15, 0.2) is 22.3 Å². The molecule has 0 saturated heterocycles. The molecule has 0 unspecified atom stereocenters. The van der Waals surface area contributed by atoms with Crippen molar-refractivity contribution in [3.63, 3.8) is 0 Å². The van der Waals surface area contributed by atoms with Crippen LogP contribution in [-0.2, 0) is 25.8 Å². The summed E-state index contributed by atoms with van der Waals surface area (Å²) >= 11 is 0. The summed E-state index contributed by atoms with van der Waals surface area (Å²) in [5.41, 5.74) is 5.77. The van der Waals surface area contributed by atoms with Crippen LogP contribution < -0.4 is 0 Å². The summed E-state index contributed by atoms with van der Waals surface area (Å²) in [7, 11) is 0. The first-order valence-corrected chi connectivity index (χ1v) is 4.10. The molecule has 14 heavy (non-hydrogen) atoms. The van der Waals surface area contributed by atoms with Crippen LogP contribution in [0.5, 0.6) is 0 Å². The van der Waals surface area contributed by atoms with Gasteiger partial charge in [0.15, 0.2) is 0 Å². The second-order valence-electron chi connectivity index (χ2n) is 3.98. The second kappa shape index (κ2) is 6.40. The van der Waals surface area contributed by atoms with Crippen LogP contribution in [0.2, 0.25) is 0 Å². The average molecular weight is 401 g/mol. The fraction of sp³-hybridized carbons (Fsp3) is 0.545. The minimum atomic E-state index is 0. The van der Waals surface area contributed by atoms with Gasteiger partial charge in [0.05, 0.1) is 0 Å². The van der Waals surface area contributed by atoms with Crippen LogP contribution in [0.1, 0.15) is 34.6 Å². The van der Waals surface area contributed by atoms with Crippen molar-refractivity contribution >= 4 is 24.8 Å². The Morgan fingerprint density at radius 1 is 0.929 bits per heavy atom. The molecular weight excluding hydrogens is 382 g/mol. The van der Waals surface area contributed by atoms with Crippen molar-refractivity contribution in [1.29, 1.82) is 0 Å². The van der Waals surface area contributed by atoms with Gasteiger partial charge in [-0.25, -0.2) is 12.5 Å². The van der Waals surface area contributed by atoms with E-state index in [1.807, 2.05) is 0 Å². The van der Waals surface area contributed by atoms with Crippen molar-refractivity contribution < 1.29 is 25.8 Å². The van der Waals surface area contributed by atoms with Gasteiger partial charge in [0.2, 0.25) is 0 Å². The molecule has 0 aromatic carbocycles. The Morgan fingerprint density at radius 3 is 1.36 bits per heavy atom. The smallest absolute Gasteiger partial charge is 0 e. The molecule has 1 aliphatic carbocycles. The zero-order chi connectivity index (χ0) is 8.81. The third-order valence-electron chi connectivity index (χ3n) is 3.27. The van der Waals surface area contributed by atoms with Crippen molar-refractivity contribution in [2.75, 3.05) is 0 Å². The maximum atomic E-state index is 4.11. The largest absolute Gasteiger partial charge is 0.240 e. The molecular formula is C11H19Cl2Hf-. The minimum Gasteiger partial charge on any atom is -0.240 e. The summed E-state index contributed by atoms with van der Waals surface area (Å²) in [6, 6.07) is 0. The number of rotatable bonds is 0. The van der Waals surface area contributed by atoms with Crippen LogP contribution in [0.25, 0.3) is 0 Å². The standard InChI is InChI=1S/C11H17.2ClH.Hf/c1-7-8(2)10(4)11(5,6)9(7)3;;;/h3H2,1-2,4-6H3;2*1H;/q-1;;;. The van der Waals surface area contributed by atoms with Gasteiger partial charge in [-0.15, -0.1) is 37.3 Å². The Kier molecular flexibility index (Phi) is 9.25. The van der Waals surface area contributed by atoms with Crippen LogP contribution in [0, 0.1) is 12.3 Å². The summed E-state index contributed by atoms with van der Waals surface area (Å²) in [5.74, 6) is 0. The molecule has 0 aromatic heterocycles. The third kappa shape index (κ3) is 2.90. The van der Waals surface area contributed by atoms with Crippen LogP contribution >= 0.6 is 24.8 Å². The normalized spacial score (nSPS) is 18.4. The Balaban J connectivity index is -0.000000403. The number of hydrogen-bond acceptors (Lipinski definition) is 0. The van der Waals surface area contributed by atoms with E-state index in [1.54, 1.807) is 0 Å². The van der Waals surface area contributed by atoms with E-state index < -0.39 is 0 Å². The molecule has 3 heteroatoms. The molecule has 82 valence electrons. The molecule has 0 N–H and O–H groups in total. The first kappa shape index (κ1) is 20.2. The van der Waals surface area contributed by atoms with Crippen molar-refractivity contribution in [2.24, 2.45) is 5.41 Å². The van der Waals surface area contributed by atoms with Crippen molar-refractivity contribution in [3.8, 4) is 0 Å². The third-order valence-corrected chi connectivity index (χ3v) is 3.27. The Bertz CT molecular complexity index is 236. The van der Waals surface area contributed by atoms with E-state index in [2.05, 4.69) is 41.5 Å². The van der Waals surface area contributed by atoms with Gasteiger partial charge in [-0.3, -0.25) is 0 Å². The molecule has 1 aliphatic rings. The molecule has 0 fully saturated rings. The summed E-state index contributed by atoms with van der Waals surface area (Å²) in [5, 5.41) is 0. The van der Waals surface area contributed by atoms with Crippen LogP contribution in [0.4, 0.5) is 0 Å². The molecule has 0 saturated carbocycles. The van der Waals surface area contributed by atoms with E-state index in [0.717, 1.165) is 0 Å². The Hall–Kier alpha value is 0.800. The summed E-state index contributed by atoms with van der Waals surface area (Å²) in [4.78, 5) is 0. The molecule has 0 heterocycles. The van der Waals surface area contributed by atoms with Crippen molar-refractivity contribution in [3.05, 3.63) is 29.2 Å². The molecule has 0 bridgehead atoms. The van der Waals surface area contributed by atoms with E-state index >= 15 is 0 Å². The number of halogens is 2. The van der Waals surface area contributed by atoms with Gasteiger partial charge in [0.1, 0.15) is 0 Å². The fourth-order valence-corrected chi connectivity index (χ4v) is 1.67. The molecule has 0 radical (unpaired) electrons. The quantitative estimate of drug-likeness (QED) is 0.419. The van der Waals surface area contributed by atoms with Crippen molar-refractivity contribution in [2.45, 2.75) is 34.6 Å². The van der Waals surface area contributed by atoms with E-state index in [1.165, 1.54) is 22.3 Å². The van der Waals surface area contributed by atoms with E-state index in [9.17, 15) is 0 Å². The van der Waals surface area contributed by atoms with E-state index in [0.29, 0.717) is 0 Å². The summed E-state index contributed by atoms with van der Waals surface area (Å²) < 4.78 is 0. The van der Waals surface area contributed by atoms with Gasteiger partial charge in [-0.2, -0.15) is 5.57 Å². The Labute approximate surface area is 119 Å². The SMILES string of the molecule is Cl.Cl.[CH2-]C1=C(C)C(C)=C(C)C1(C)C.[Hf]. The molecule has 0 aromatic rings. The summed E-state index contributed by atoms with van der Waals surface area (Å²) in [6.07, 6.45) is 0. The van der Waals surface area contributed by atoms with Crippen LogP contribution in [0.3, 0.4) is 0 Å². The molecule has 0 amide bonds. The molecule has 0 spiro atoms. The second-order valence-corrected chi connectivity index (χ2v) is 3.98. The molecule has 1 rings (SSSR count). The molecule has 0 aliphatic heterocycles. The van der Waals surface area contributed by atoms with E-state index in [-0.39, 0.29) is 56.1 Å². The van der Waals surface area contributed by atoms with Gasteiger partial charge in [-0.1, -0.05) is 26.3 Å². The van der Waals surface area contributed by atoms with Crippen molar-refractivity contribution in [1.82, 2.24) is 0 Å². The minimum absolute atomic E-state index is 0. The van der Waals surface area contributed by atoms with Crippen LogP contribution in [-0.4, -0.2) is 0 Å². The number of allylic oxidation sites excluding steroid dienone is 4. The molecule has 0 atom stereocenters. The predicted molar refractivity (Wildman–Crippen MR) is 64.7 cm³/mol. The topological polar surface area (TPSA) is 0 Å². The summed E-state index contributed by atoms with van der Waals surface area (Å²) in [6.45, 7) is 15.1. The average Bonchev–Trinajstić information content (AvgIpc) is 2.06. The Morgan fingerprint density at radius 2 is 1.29 bits per heavy atom.